The highest BCUT2D eigenvalue weighted by Crippen LogP contribution is 2.41. The van der Waals surface area contributed by atoms with Crippen LogP contribution in [-0.2, 0) is 51.8 Å². The van der Waals surface area contributed by atoms with Crippen molar-refractivity contribution in [3.05, 3.63) is 82.5 Å². The fourth-order valence-electron chi connectivity index (χ4n) is 6.05. The lowest BCUT2D eigenvalue weighted by Crippen LogP contribution is -2.56. The summed E-state index contributed by atoms with van der Waals surface area (Å²) in [5.41, 5.74) is 4.32. The third-order valence-electron chi connectivity index (χ3n) is 8.09. The summed E-state index contributed by atoms with van der Waals surface area (Å²) < 4.78 is 37.4. The van der Waals surface area contributed by atoms with E-state index < -0.39 is 27.6 Å². The smallest absolute Gasteiger partial charge is 0.410 e. The molecule has 3 heterocycles. The standard InChI is InChI=1S/C30H31N5O5S/c1-41(37,38)28-32-26-17-30(15-22-9-5-6-10-23(22)16-30)40-20-25(26)27(33-28)34-13-14-35(24(18-34)11-12-31)29(36)39-19-21-7-3-2-4-8-21/h2-10,24H,11,13-20H2,1H3/t24-/m0/s1. The van der Waals surface area contributed by atoms with Gasteiger partial charge in [-0.2, -0.15) is 5.26 Å². The van der Waals surface area contributed by atoms with E-state index >= 15 is 0 Å². The van der Waals surface area contributed by atoms with Crippen LogP contribution >= 0.6 is 0 Å². The second kappa shape index (κ2) is 10.8. The molecule has 10 nitrogen and oxygen atoms in total. The Hall–Kier alpha value is -4.01. The van der Waals surface area contributed by atoms with Crippen LogP contribution in [0, 0.1) is 11.3 Å². The predicted molar refractivity (Wildman–Crippen MR) is 150 cm³/mol. The number of nitrogens with zero attached hydrogens (tertiary/aromatic N) is 5. The minimum absolute atomic E-state index is 0.0982. The van der Waals surface area contributed by atoms with Crippen LogP contribution in [0.4, 0.5) is 10.6 Å². The number of carbonyl (C=O) groups is 1. The van der Waals surface area contributed by atoms with Crippen LogP contribution in [0.2, 0.25) is 0 Å². The lowest BCUT2D eigenvalue weighted by Gasteiger charge is -2.42. The number of hydrogen-bond acceptors (Lipinski definition) is 9. The molecule has 0 unspecified atom stereocenters. The molecule has 41 heavy (non-hydrogen) atoms. The summed E-state index contributed by atoms with van der Waals surface area (Å²) in [5.74, 6) is 0.487. The molecule has 0 radical (unpaired) electrons. The van der Waals surface area contributed by atoms with E-state index in [0.717, 1.165) is 30.2 Å². The van der Waals surface area contributed by atoms with E-state index in [1.165, 1.54) is 11.1 Å². The number of piperazine rings is 1. The topological polar surface area (TPSA) is 126 Å². The maximum absolute atomic E-state index is 13.0. The van der Waals surface area contributed by atoms with Crippen LogP contribution < -0.4 is 4.90 Å². The van der Waals surface area contributed by atoms with E-state index in [2.05, 4.69) is 28.2 Å². The second-order valence-corrected chi connectivity index (χ2v) is 12.9. The Bertz CT molecular complexity index is 1600. The molecule has 0 saturated carbocycles. The minimum atomic E-state index is -3.69. The molecule has 1 fully saturated rings. The summed E-state index contributed by atoms with van der Waals surface area (Å²) >= 11 is 0. The number of anilines is 1. The van der Waals surface area contributed by atoms with Crippen LogP contribution in [-0.4, -0.2) is 66.9 Å². The number of rotatable bonds is 5. The zero-order valence-corrected chi connectivity index (χ0v) is 23.6. The van der Waals surface area contributed by atoms with Gasteiger partial charge in [-0.15, -0.1) is 0 Å². The maximum Gasteiger partial charge on any atom is 0.410 e. The summed E-state index contributed by atoms with van der Waals surface area (Å²) in [5, 5.41) is 9.32. The molecule has 1 saturated heterocycles. The van der Waals surface area contributed by atoms with Gasteiger partial charge in [0.2, 0.25) is 15.0 Å². The highest BCUT2D eigenvalue weighted by Gasteiger charge is 2.44. The Morgan fingerprint density at radius 1 is 1.07 bits per heavy atom. The summed E-state index contributed by atoms with van der Waals surface area (Å²) in [6, 6.07) is 19.4. The van der Waals surface area contributed by atoms with E-state index in [0.29, 0.717) is 37.6 Å². The van der Waals surface area contributed by atoms with Gasteiger partial charge in [-0.05, 0) is 16.7 Å². The Balaban J connectivity index is 1.26. The van der Waals surface area contributed by atoms with Gasteiger partial charge in [0.1, 0.15) is 12.4 Å². The summed E-state index contributed by atoms with van der Waals surface area (Å²) in [6.45, 7) is 1.39. The quantitative estimate of drug-likeness (QED) is 0.423. The highest BCUT2D eigenvalue weighted by molar-refractivity contribution is 7.90. The third-order valence-corrected chi connectivity index (χ3v) is 8.93. The Morgan fingerprint density at radius 2 is 1.78 bits per heavy atom. The van der Waals surface area contributed by atoms with Crippen molar-refractivity contribution in [2.75, 3.05) is 30.8 Å². The van der Waals surface area contributed by atoms with Gasteiger partial charge in [0, 0.05) is 50.7 Å². The molecule has 1 atom stereocenters. The molecule has 2 aromatic carbocycles. The van der Waals surface area contributed by atoms with Gasteiger partial charge < -0.3 is 19.3 Å². The lowest BCUT2D eigenvalue weighted by atomic mass is 9.89. The first kappa shape index (κ1) is 27.2. The fourth-order valence-corrected chi connectivity index (χ4v) is 6.58. The number of benzene rings is 2. The molecule has 6 rings (SSSR count). The van der Waals surface area contributed by atoms with Crippen molar-refractivity contribution in [1.82, 2.24) is 14.9 Å². The van der Waals surface area contributed by atoms with E-state index in [-0.39, 0.29) is 24.8 Å². The van der Waals surface area contributed by atoms with Crippen molar-refractivity contribution in [2.24, 2.45) is 0 Å². The van der Waals surface area contributed by atoms with Crippen LogP contribution in [0.25, 0.3) is 0 Å². The van der Waals surface area contributed by atoms with E-state index in [1.807, 2.05) is 47.4 Å². The molecule has 1 amide bonds. The van der Waals surface area contributed by atoms with E-state index in [1.54, 1.807) is 4.90 Å². The van der Waals surface area contributed by atoms with Crippen LogP contribution in [0.1, 0.15) is 34.4 Å². The van der Waals surface area contributed by atoms with Crippen molar-refractivity contribution >= 4 is 21.7 Å². The SMILES string of the molecule is CS(=O)(=O)c1nc2c(c(N3CCN(C(=O)OCc4ccccc4)[C@@H](CC#N)C3)n1)COC1(Cc3ccccc3C1)C2. The molecule has 1 aromatic heterocycles. The van der Waals surface area contributed by atoms with E-state index in [4.69, 9.17) is 9.47 Å². The average molecular weight is 574 g/mol. The molecule has 0 bridgehead atoms. The summed E-state index contributed by atoms with van der Waals surface area (Å²) in [6.07, 6.45) is 2.68. The molecule has 11 heteroatoms. The predicted octanol–water partition coefficient (Wildman–Crippen LogP) is 3.23. The number of aromatic nitrogens is 2. The number of ether oxygens (including phenoxy) is 2. The molecule has 1 spiro atoms. The van der Waals surface area contributed by atoms with Gasteiger partial charge in [0.25, 0.3) is 0 Å². The Kier molecular flexibility index (Phi) is 7.13. The van der Waals surface area contributed by atoms with Gasteiger partial charge in [-0.25, -0.2) is 23.2 Å². The first-order valence-electron chi connectivity index (χ1n) is 13.6. The summed E-state index contributed by atoms with van der Waals surface area (Å²) in [7, 11) is -3.69. The maximum atomic E-state index is 13.0. The molecule has 1 aliphatic carbocycles. The van der Waals surface area contributed by atoms with Crippen molar-refractivity contribution < 1.29 is 22.7 Å². The first-order chi connectivity index (χ1) is 19.7. The summed E-state index contributed by atoms with van der Waals surface area (Å²) in [4.78, 5) is 25.6. The molecule has 0 N–H and O–H groups in total. The third kappa shape index (κ3) is 5.49. The number of fused-ring (bicyclic) bond motifs is 2. The lowest BCUT2D eigenvalue weighted by molar-refractivity contribution is -0.0614. The molecule has 3 aromatic rings. The molecular formula is C30H31N5O5S. The first-order valence-corrected chi connectivity index (χ1v) is 15.5. The molecule has 212 valence electrons. The zero-order valence-electron chi connectivity index (χ0n) is 22.8. The van der Waals surface area contributed by atoms with Crippen LogP contribution in [0.3, 0.4) is 0 Å². The monoisotopic (exact) mass is 573 g/mol. The van der Waals surface area contributed by atoms with Crippen molar-refractivity contribution in [3.8, 4) is 6.07 Å². The van der Waals surface area contributed by atoms with Crippen molar-refractivity contribution in [2.45, 2.75) is 55.7 Å². The van der Waals surface area contributed by atoms with Crippen LogP contribution in [0.15, 0.2) is 59.8 Å². The number of carbonyl (C=O) groups excluding carboxylic acids is 1. The second-order valence-electron chi connectivity index (χ2n) is 11.0. The minimum Gasteiger partial charge on any atom is -0.445 e. The number of nitriles is 1. The van der Waals surface area contributed by atoms with Crippen molar-refractivity contribution in [1.29, 1.82) is 5.26 Å². The van der Waals surface area contributed by atoms with Gasteiger partial charge >= 0.3 is 6.09 Å². The Labute approximate surface area is 239 Å². The van der Waals surface area contributed by atoms with E-state index in [9.17, 15) is 18.5 Å². The fraction of sp³-hybridized carbons (Fsp3) is 0.400. The van der Waals surface area contributed by atoms with Gasteiger partial charge in [-0.3, -0.25) is 0 Å². The number of sulfone groups is 1. The molecular weight excluding hydrogens is 542 g/mol. The zero-order chi connectivity index (χ0) is 28.6. The van der Waals surface area contributed by atoms with Crippen molar-refractivity contribution in [3.63, 3.8) is 0 Å². The normalized spacial score (nSPS) is 19.4. The Morgan fingerprint density at radius 3 is 2.46 bits per heavy atom. The number of amides is 1. The van der Waals surface area contributed by atoms with Crippen LogP contribution in [0.5, 0.6) is 0 Å². The molecule has 2 aliphatic heterocycles. The van der Waals surface area contributed by atoms with Gasteiger partial charge in [0.15, 0.2) is 0 Å². The van der Waals surface area contributed by atoms with Gasteiger partial charge in [0.05, 0.1) is 36.4 Å². The number of hydrogen-bond donors (Lipinski definition) is 0. The largest absolute Gasteiger partial charge is 0.445 e. The molecule has 3 aliphatic rings. The average Bonchev–Trinajstić information content (AvgIpc) is 3.32. The highest BCUT2D eigenvalue weighted by atomic mass is 32.2. The van der Waals surface area contributed by atoms with Gasteiger partial charge in [-0.1, -0.05) is 54.6 Å².